The second-order valence-corrected chi connectivity index (χ2v) is 5.69. The normalized spacial score (nSPS) is 11.2. The second kappa shape index (κ2) is 6.18. The third kappa shape index (κ3) is 3.45. The van der Waals surface area contributed by atoms with E-state index in [4.69, 9.17) is 0 Å². The summed E-state index contributed by atoms with van der Waals surface area (Å²) >= 11 is 3.39. The summed E-state index contributed by atoms with van der Waals surface area (Å²) in [5.74, 6) is -0.0956. The van der Waals surface area contributed by atoms with Crippen LogP contribution in [0.1, 0.15) is 35.5 Å². The Balaban J connectivity index is 2.14. The second-order valence-electron chi connectivity index (χ2n) is 5.12. The number of carbonyl (C=O) groups is 1. The van der Waals surface area contributed by atoms with E-state index in [2.05, 4.69) is 26.2 Å². The van der Waals surface area contributed by atoms with Gasteiger partial charge in [0.25, 0.3) is 5.91 Å². The summed E-state index contributed by atoms with van der Waals surface area (Å²) in [4.78, 5) is 16.6. The van der Waals surface area contributed by atoms with E-state index >= 15 is 0 Å². The van der Waals surface area contributed by atoms with Crippen molar-refractivity contribution in [1.29, 1.82) is 0 Å². The van der Waals surface area contributed by atoms with Crippen molar-refractivity contribution in [2.45, 2.75) is 24.7 Å². The zero-order valence-electron chi connectivity index (χ0n) is 11.6. The lowest BCUT2D eigenvalue weighted by molar-refractivity contribution is 0.0910. The van der Waals surface area contributed by atoms with E-state index in [9.17, 15) is 4.79 Å². The molecule has 0 atom stereocenters. The van der Waals surface area contributed by atoms with Crippen LogP contribution in [0.2, 0.25) is 0 Å². The van der Waals surface area contributed by atoms with Gasteiger partial charge in [-0.3, -0.25) is 9.78 Å². The summed E-state index contributed by atoms with van der Waals surface area (Å²) in [6.45, 7) is 3.89. The number of hydrogen-bond donors (Lipinski definition) is 1. The summed E-state index contributed by atoms with van der Waals surface area (Å²) in [6.07, 6.45) is 1.73. The molecule has 0 unspecified atom stereocenters. The number of nitrogens with zero attached hydrogens (tertiary/aromatic N) is 1. The zero-order chi connectivity index (χ0) is 14.6. The average molecular weight is 333 g/mol. The van der Waals surface area contributed by atoms with Gasteiger partial charge in [-0.05, 0) is 43.7 Å². The lowest BCUT2D eigenvalue weighted by Crippen LogP contribution is -2.41. The Hall–Kier alpha value is -1.68. The first-order valence-corrected chi connectivity index (χ1v) is 7.54. The Kier molecular flexibility index (Phi) is 4.55. The third-order valence-electron chi connectivity index (χ3n) is 3.10. The molecule has 20 heavy (non-hydrogen) atoms. The molecule has 0 radical (unpaired) electrons. The predicted molar refractivity (Wildman–Crippen MR) is 83.8 cm³/mol. The molecule has 1 amide bonds. The fourth-order valence-corrected chi connectivity index (χ4v) is 2.27. The van der Waals surface area contributed by atoms with Crippen LogP contribution in [0.15, 0.2) is 48.7 Å². The molecule has 0 aliphatic carbocycles. The molecule has 0 aliphatic heterocycles. The zero-order valence-corrected chi connectivity index (χ0v) is 13.1. The molecule has 1 aromatic heterocycles. The van der Waals surface area contributed by atoms with Crippen molar-refractivity contribution in [2.75, 3.05) is 0 Å². The van der Waals surface area contributed by atoms with E-state index in [-0.39, 0.29) is 5.91 Å². The van der Waals surface area contributed by atoms with E-state index in [1.54, 1.807) is 6.20 Å². The van der Waals surface area contributed by atoms with Gasteiger partial charge in [0.2, 0.25) is 0 Å². The fourth-order valence-electron chi connectivity index (χ4n) is 1.90. The van der Waals surface area contributed by atoms with Crippen molar-refractivity contribution < 1.29 is 4.79 Å². The van der Waals surface area contributed by atoms with Crippen LogP contribution in [-0.4, -0.2) is 10.9 Å². The van der Waals surface area contributed by atoms with E-state index in [0.717, 1.165) is 16.6 Å². The Morgan fingerprint density at radius 3 is 2.45 bits per heavy atom. The molecule has 104 valence electrons. The summed E-state index contributed by atoms with van der Waals surface area (Å²) in [5, 5.41) is 3.80. The molecule has 1 heterocycles. The van der Waals surface area contributed by atoms with Crippen LogP contribution in [0.25, 0.3) is 0 Å². The SMILES string of the molecule is CC(C)(NC(=O)c1ccc(CBr)cc1)c1ccccn1. The van der Waals surface area contributed by atoms with Gasteiger partial charge in [-0.15, -0.1) is 0 Å². The highest BCUT2D eigenvalue weighted by Gasteiger charge is 2.24. The Morgan fingerprint density at radius 1 is 1.20 bits per heavy atom. The van der Waals surface area contributed by atoms with Crippen molar-refractivity contribution in [3.05, 3.63) is 65.5 Å². The molecule has 0 saturated carbocycles. The van der Waals surface area contributed by atoms with E-state index in [1.165, 1.54) is 0 Å². The number of alkyl halides is 1. The first-order valence-electron chi connectivity index (χ1n) is 6.42. The van der Waals surface area contributed by atoms with Gasteiger partial charge in [-0.1, -0.05) is 34.1 Å². The minimum absolute atomic E-state index is 0.0956. The maximum atomic E-state index is 12.3. The Labute approximate surface area is 127 Å². The number of halogens is 1. The van der Waals surface area contributed by atoms with Gasteiger partial charge in [0.1, 0.15) is 0 Å². The van der Waals surface area contributed by atoms with Crippen LogP contribution < -0.4 is 5.32 Å². The fraction of sp³-hybridized carbons (Fsp3) is 0.250. The van der Waals surface area contributed by atoms with Gasteiger partial charge >= 0.3 is 0 Å². The van der Waals surface area contributed by atoms with Gasteiger partial charge in [0.05, 0.1) is 11.2 Å². The van der Waals surface area contributed by atoms with Crippen LogP contribution in [-0.2, 0) is 10.9 Å². The van der Waals surface area contributed by atoms with Gasteiger partial charge in [-0.2, -0.15) is 0 Å². The van der Waals surface area contributed by atoms with Gasteiger partial charge in [0, 0.05) is 17.1 Å². The summed E-state index contributed by atoms with van der Waals surface area (Å²) in [6, 6.07) is 13.2. The highest BCUT2D eigenvalue weighted by atomic mass is 79.9. The molecule has 0 saturated heterocycles. The molecule has 0 fully saturated rings. The highest BCUT2D eigenvalue weighted by Crippen LogP contribution is 2.18. The maximum absolute atomic E-state index is 12.3. The van der Waals surface area contributed by atoms with E-state index < -0.39 is 5.54 Å². The molecule has 1 aromatic carbocycles. The number of aromatic nitrogens is 1. The number of pyridine rings is 1. The van der Waals surface area contributed by atoms with Gasteiger partial charge in [-0.25, -0.2) is 0 Å². The smallest absolute Gasteiger partial charge is 0.252 e. The lowest BCUT2D eigenvalue weighted by Gasteiger charge is -2.25. The highest BCUT2D eigenvalue weighted by molar-refractivity contribution is 9.08. The molecule has 2 rings (SSSR count). The standard InChI is InChI=1S/C16H17BrN2O/c1-16(2,14-5-3-4-10-18-14)19-15(20)13-8-6-12(11-17)7-9-13/h3-10H,11H2,1-2H3,(H,19,20). The Morgan fingerprint density at radius 2 is 1.90 bits per heavy atom. The number of amides is 1. The molecule has 0 bridgehead atoms. The lowest BCUT2D eigenvalue weighted by atomic mass is 9.99. The van der Waals surface area contributed by atoms with Crippen molar-refractivity contribution in [3.63, 3.8) is 0 Å². The van der Waals surface area contributed by atoms with Gasteiger partial charge in [0.15, 0.2) is 0 Å². The average Bonchev–Trinajstić information content (AvgIpc) is 2.48. The third-order valence-corrected chi connectivity index (χ3v) is 3.75. The van der Waals surface area contributed by atoms with Gasteiger partial charge < -0.3 is 5.32 Å². The quantitative estimate of drug-likeness (QED) is 0.868. The summed E-state index contributed by atoms with van der Waals surface area (Å²) in [7, 11) is 0. The molecule has 0 spiro atoms. The van der Waals surface area contributed by atoms with Crippen LogP contribution in [0.5, 0.6) is 0 Å². The number of carbonyl (C=O) groups excluding carboxylic acids is 1. The predicted octanol–water partition coefficient (Wildman–Crippen LogP) is 3.64. The molecule has 4 heteroatoms. The first-order chi connectivity index (χ1) is 9.53. The molecule has 3 nitrogen and oxygen atoms in total. The molecular formula is C16H17BrN2O. The van der Waals surface area contributed by atoms with Crippen LogP contribution in [0.4, 0.5) is 0 Å². The number of benzene rings is 1. The van der Waals surface area contributed by atoms with Crippen molar-refractivity contribution >= 4 is 21.8 Å². The largest absolute Gasteiger partial charge is 0.342 e. The number of hydrogen-bond acceptors (Lipinski definition) is 2. The topological polar surface area (TPSA) is 42.0 Å². The maximum Gasteiger partial charge on any atom is 0.252 e. The molecule has 1 N–H and O–H groups in total. The van der Waals surface area contributed by atoms with Crippen molar-refractivity contribution in [2.24, 2.45) is 0 Å². The van der Waals surface area contributed by atoms with Crippen molar-refractivity contribution in [1.82, 2.24) is 10.3 Å². The number of nitrogens with one attached hydrogen (secondary N) is 1. The Bertz CT molecular complexity index is 579. The van der Waals surface area contributed by atoms with Crippen LogP contribution >= 0.6 is 15.9 Å². The van der Waals surface area contributed by atoms with Crippen LogP contribution in [0, 0.1) is 0 Å². The molecule has 0 aliphatic rings. The van der Waals surface area contributed by atoms with Crippen molar-refractivity contribution in [3.8, 4) is 0 Å². The number of rotatable bonds is 4. The molecule has 2 aromatic rings. The van der Waals surface area contributed by atoms with Crippen LogP contribution in [0.3, 0.4) is 0 Å². The first kappa shape index (κ1) is 14.7. The minimum atomic E-state index is -0.508. The minimum Gasteiger partial charge on any atom is -0.342 e. The van der Waals surface area contributed by atoms with E-state index in [0.29, 0.717) is 5.56 Å². The van der Waals surface area contributed by atoms with E-state index in [1.807, 2.05) is 56.3 Å². The monoisotopic (exact) mass is 332 g/mol. The summed E-state index contributed by atoms with van der Waals surface area (Å²) < 4.78 is 0. The summed E-state index contributed by atoms with van der Waals surface area (Å²) in [5.41, 5.74) is 2.13. The molecular weight excluding hydrogens is 316 g/mol.